The van der Waals surface area contributed by atoms with Crippen molar-refractivity contribution < 1.29 is 19.2 Å². The fourth-order valence-electron chi connectivity index (χ4n) is 3.40. The van der Waals surface area contributed by atoms with Crippen LogP contribution in [0.2, 0.25) is 0 Å². The van der Waals surface area contributed by atoms with E-state index >= 15 is 0 Å². The summed E-state index contributed by atoms with van der Waals surface area (Å²) in [6.07, 6.45) is 0.0766. The second-order valence-electron chi connectivity index (χ2n) is 8.81. The third-order valence-corrected chi connectivity index (χ3v) is 5.01. The molecule has 0 radical (unpaired) electrons. The Morgan fingerprint density at radius 3 is 2.52 bits per heavy atom. The van der Waals surface area contributed by atoms with Crippen LogP contribution in [0.15, 0.2) is 42.5 Å². The molecule has 0 saturated carbocycles. The number of nitrogens with one attached hydrogen (secondary N) is 1. The van der Waals surface area contributed by atoms with Crippen molar-refractivity contribution in [3.05, 3.63) is 58.1 Å². The van der Waals surface area contributed by atoms with E-state index in [1.807, 2.05) is 27.7 Å². The average molecular weight is 425 g/mol. The van der Waals surface area contributed by atoms with E-state index in [-0.39, 0.29) is 36.4 Å². The molecule has 0 aromatic heterocycles. The predicted molar refractivity (Wildman–Crippen MR) is 118 cm³/mol. The first-order chi connectivity index (χ1) is 14.6. The summed E-state index contributed by atoms with van der Waals surface area (Å²) in [5, 5.41) is 13.6. The van der Waals surface area contributed by atoms with Gasteiger partial charge in [0, 0.05) is 24.4 Å². The molecule has 0 atom stereocenters. The van der Waals surface area contributed by atoms with Gasteiger partial charge >= 0.3 is 0 Å². The molecular formula is C23H27N3O5. The molecule has 0 saturated heterocycles. The number of nitro groups is 1. The highest BCUT2D eigenvalue weighted by molar-refractivity contribution is 6.00. The fourth-order valence-corrected chi connectivity index (χ4v) is 3.40. The Hall–Kier alpha value is -3.42. The number of amides is 2. The topological polar surface area (TPSA) is 102 Å². The molecule has 0 spiro atoms. The van der Waals surface area contributed by atoms with Gasteiger partial charge in [0.1, 0.15) is 12.4 Å². The standard InChI is InChI=1S/C23H27N3O5/c1-15(2)13-25-19-12-17(7-10-20(19)31-14-23(3,4)22(25)28)24-21(27)11-16-5-8-18(9-6-16)26(29)30/h5-10,12,15H,11,13-14H2,1-4H3,(H,24,27). The number of carbonyl (C=O) groups is 2. The molecule has 31 heavy (non-hydrogen) atoms. The molecule has 2 aromatic rings. The van der Waals surface area contributed by atoms with Crippen molar-refractivity contribution in [3.63, 3.8) is 0 Å². The zero-order valence-corrected chi connectivity index (χ0v) is 18.2. The van der Waals surface area contributed by atoms with Gasteiger partial charge in [0.2, 0.25) is 11.8 Å². The number of benzene rings is 2. The summed E-state index contributed by atoms with van der Waals surface area (Å²) in [5.74, 6) is 0.582. The molecule has 0 fully saturated rings. The van der Waals surface area contributed by atoms with Crippen LogP contribution in [-0.2, 0) is 16.0 Å². The van der Waals surface area contributed by atoms with E-state index in [1.165, 1.54) is 12.1 Å². The van der Waals surface area contributed by atoms with Crippen LogP contribution in [0.3, 0.4) is 0 Å². The number of non-ortho nitro benzene ring substituents is 1. The maximum Gasteiger partial charge on any atom is 0.269 e. The van der Waals surface area contributed by atoms with E-state index in [2.05, 4.69) is 5.32 Å². The van der Waals surface area contributed by atoms with E-state index in [0.29, 0.717) is 29.2 Å². The average Bonchev–Trinajstić information content (AvgIpc) is 2.78. The predicted octanol–water partition coefficient (Wildman–Crippen LogP) is 4.18. The van der Waals surface area contributed by atoms with Gasteiger partial charge in [-0.25, -0.2) is 0 Å². The number of fused-ring (bicyclic) bond motifs is 1. The summed E-state index contributed by atoms with van der Waals surface area (Å²) in [7, 11) is 0. The first kappa shape index (κ1) is 22.3. The lowest BCUT2D eigenvalue weighted by Gasteiger charge is -2.29. The Morgan fingerprint density at radius 1 is 1.23 bits per heavy atom. The molecule has 3 rings (SSSR count). The number of hydrogen-bond acceptors (Lipinski definition) is 5. The van der Waals surface area contributed by atoms with Gasteiger partial charge < -0.3 is 15.0 Å². The summed E-state index contributed by atoms with van der Waals surface area (Å²) < 4.78 is 5.90. The molecule has 0 bridgehead atoms. The highest BCUT2D eigenvalue weighted by atomic mass is 16.6. The molecule has 1 N–H and O–H groups in total. The van der Waals surface area contributed by atoms with Crippen molar-refractivity contribution in [3.8, 4) is 5.75 Å². The van der Waals surface area contributed by atoms with Gasteiger partial charge in [-0.1, -0.05) is 26.0 Å². The summed E-state index contributed by atoms with van der Waals surface area (Å²) in [6, 6.07) is 11.1. The van der Waals surface area contributed by atoms with E-state index in [4.69, 9.17) is 4.74 Å². The van der Waals surface area contributed by atoms with E-state index in [9.17, 15) is 19.7 Å². The number of nitrogens with zero attached hydrogens (tertiary/aromatic N) is 2. The monoisotopic (exact) mass is 425 g/mol. The van der Waals surface area contributed by atoms with Gasteiger partial charge in [0.05, 0.1) is 22.4 Å². The van der Waals surface area contributed by atoms with Crippen molar-refractivity contribution in [2.75, 3.05) is 23.4 Å². The second-order valence-corrected chi connectivity index (χ2v) is 8.81. The molecule has 1 aliphatic heterocycles. The summed E-state index contributed by atoms with van der Waals surface area (Å²) >= 11 is 0. The minimum absolute atomic E-state index is 0.0192. The normalized spacial score (nSPS) is 15.1. The van der Waals surface area contributed by atoms with Crippen LogP contribution >= 0.6 is 0 Å². The molecule has 2 aromatic carbocycles. The number of carbonyl (C=O) groups excluding carboxylic acids is 2. The highest BCUT2D eigenvalue weighted by Gasteiger charge is 2.38. The van der Waals surface area contributed by atoms with Gasteiger partial charge in [-0.15, -0.1) is 0 Å². The molecular weight excluding hydrogens is 398 g/mol. The third kappa shape index (κ3) is 5.20. The molecule has 0 aliphatic carbocycles. The van der Waals surface area contributed by atoms with E-state index < -0.39 is 10.3 Å². The van der Waals surface area contributed by atoms with E-state index in [1.54, 1.807) is 35.2 Å². The maximum absolute atomic E-state index is 13.1. The molecule has 0 unspecified atom stereocenters. The molecule has 8 heteroatoms. The van der Waals surface area contributed by atoms with Gasteiger partial charge in [-0.3, -0.25) is 19.7 Å². The maximum atomic E-state index is 13.1. The van der Waals surface area contributed by atoms with Crippen LogP contribution in [0.25, 0.3) is 0 Å². The van der Waals surface area contributed by atoms with E-state index in [0.717, 1.165) is 0 Å². The number of rotatable bonds is 6. The van der Waals surface area contributed by atoms with Gasteiger partial charge in [0.15, 0.2) is 0 Å². The lowest BCUT2D eigenvalue weighted by Crippen LogP contribution is -2.43. The van der Waals surface area contributed by atoms with Crippen LogP contribution in [0.4, 0.5) is 17.1 Å². The quantitative estimate of drug-likeness (QED) is 0.552. The van der Waals surface area contributed by atoms with Crippen molar-refractivity contribution in [2.24, 2.45) is 11.3 Å². The largest absolute Gasteiger partial charge is 0.490 e. The number of hydrogen-bond donors (Lipinski definition) is 1. The van der Waals surface area contributed by atoms with Crippen LogP contribution in [0.5, 0.6) is 5.75 Å². The van der Waals surface area contributed by atoms with Crippen molar-refractivity contribution >= 4 is 28.9 Å². The van der Waals surface area contributed by atoms with Gasteiger partial charge in [-0.05, 0) is 43.5 Å². The van der Waals surface area contributed by atoms with Crippen molar-refractivity contribution in [2.45, 2.75) is 34.1 Å². The Kier molecular flexibility index (Phi) is 6.29. The molecule has 1 aliphatic rings. The smallest absolute Gasteiger partial charge is 0.269 e. The summed E-state index contributed by atoms with van der Waals surface area (Å²) in [4.78, 5) is 37.7. The molecule has 1 heterocycles. The third-order valence-electron chi connectivity index (χ3n) is 5.01. The lowest BCUT2D eigenvalue weighted by atomic mass is 9.92. The Labute approximate surface area is 181 Å². The number of anilines is 2. The summed E-state index contributed by atoms with van der Waals surface area (Å²) in [5.41, 5.74) is 1.17. The van der Waals surface area contributed by atoms with Gasteiger partial charge in [-0.2, -0.15) is 0 Å². The number of ether oxygens (including phenoxy) is 1. The van der Waals surface area contributed by atoms with Crippen LogP contribution in [-0.4, -0.2) is 29.9 Å². The minimum atomic E-state index is -0.659. The van der Waals surface area contributed by atoms with Crippen LogP contribution in [0, 0.1) is 21.4 Å². The minimum Gasteiger partial charge on any atom is -0.490 e. The first-order valence-electron chi connectivity index (χ1n) is 10.2. The fraction of sp³-hybridized carbons (Fsp3) is 0.391. The summed E-state index contributed by atoms with van der Waals surface area (Å²) in [6.45, 7) is 8.63. The Morgan fingerprint density at radius 2 is 1.90 bits per heavy atom. The van der Waals surface area contributed by atoms with Crippen LogP contribution in [0.1, 0.15) is 33.3 Å². The van der Waals surface area contributed by atoms with Crippen LogP contribution < -0.4 is 15.0 Å². The SMILES string of the molecule is CC(C)CN1C(=O)C(C)(C)COc2ccc(NC(=O)Cc3ccc([N+](=O)[O-])cc3)cc21. The molecule has 2 amide bonds. The second kappa shape index (κ2) is 8.75. The van der Waals surface area contributed by atoms with Gasteiger partial charge in [0.25, 0.3) is 5.69 Å². The Bertz CT molecular complexity index is 999. The zero-order valence-electron chi connectivity index (χ0n) is 18.2. The zero-order chi connectivity index (χ0) is 22.8. The first-order valence-corrected chi connectivity index (χ1v) is 10.2. The Balaban J connectivity index is 1.80. The molecule has 164 valence electrons. The molecule has 8 nitrogen and oxygen atoms in total. The van der Waals surface area contributed by atoms with Crippen molar-refractivity contribution in [1.29, 1.82) is 0 Å². The van der Waals surface area contributed by atoms with Crippen molar-refractivity contribution in [1.82, 2.24) is 0 Å². The number of nitro benzene ring substituents is 1. The highest BCUT2D eigenvalue weighted by Crippen LogP contribution is 2.38. The lowest BCUT2D eigenvalue weighted by molar-refractivity contribution is -0.384.